The largest absolute Gasteiger partial charge is 0.361 e. The molecule has 18 heavy (non-hydrogen) atoms. The molecule has 0 aromatic heterocycles. The third kappa shape index (κ3) is 2.08. The molecule has 1 aromatic rings. The van der Waals surface area contributed by atoms with Crippen LogP contribution in [0.2, 0.25) is 0 Å². The van der Waals surface area contributed by atoms with Gasteiger partial charge in [-0.1, -0.05) is 30.3 Å². The highest BCUT2D eigenvalue weighted by Gasteiger charge is 2.44. The molecule has 2 saturated heterocycles. The zero-order valence-corrected chi connectivity index (χ0v) is 10.7. The second-order valence-corrected chi connectivity index (χ2v) is 5.30. The zero-order valence-electron chi connectivity index (χ0n) is 10.7. The molecule has 0 N–H and O–H groups in total. The van der Waals surface area contributed by atoms with E-state index in [0.717, 1.165) is 19.4 Å². The van der Waals surface area contributed by atoms with Gasteiger partial charge in [0, 0.05) is 12.5 Å². The highest BCUT2D eigenvalue weighted by molar-refractivity contribution is 5.76. The molecule has 0 spiro atoms. The van der Waals surface area contributed by atoms with Gasteiger partial charge in [-0.2, -0.15) is 0 Å². The maximum absolute atomic E-state index is 11.4. The Balaban J connectivity index is 1.82. The predicted molar refractivity (Wildman–Crippen MR) is 69.1 cm³/mol. The van der Waals surface area contributed by atoms with Crippen LogP contribution in [0.3, 0.4) is 0 Å². The molecule has 0 unspecified atom stereocenters. The fourth-order valence-electron chi connectivity index (χ4n) is 3.26. The van der Waals surface area contributed by atoms with Crippen LogP contribution in [0.4, 0.5) is 0 Å². The van der Waals surface area contributed by atoms with Crippen molar-refractivity contribution in [3.63, 3.8) is 0 Å². The molecule has 3 nitrogen and oxygen atoms in total. The average Bonchev–Trinajstić information content (AvgIpc) is 2.93. The Bertz CT molecular complexity index is 431. The Kier molecular flexibility index (Phi) is 3.18. The number of hydrogen-bond acceptors (Lipinski definition) is 3. The van der Waals surface area contributed by atoms with Crippen molar-refractivity contribution in [1.29, 1.82) is 0 Å². The molecule has 2 heterocycles. The van der Waals surface area contributed by atoms with Crippen LogP contribution in [-0.2, 0) is 9.53 Å². The third-order valence-corrected chi connectivity index (χ3v) is 4.01. The smallest absolute Gasteiger partial charge is 0.131 e. The van der Waals surface area contributed by atoms with Crippen LogP contribution in [-0.4, -0.2) is 29.6 Å². The number of Topliss-reactive ketones (excluding diaryl/α,β-unsaturated/α-hetero) is 1. The van der Waals surface area contributed by atoms with E-state index >= 15 is 0 Å². The van der Waals surface area contributed by atoms with Gasteiger partial charge in [-0.05, 0) is 25.3 Å². The van der Waals surface area contributed by atoms with Gasteiger partial charge in [0.2, 0.25) is 0 Å². The van der Waals surface area contributed by atoms with E-state index in [2.05, 4.69) is 29.2 Å². The summed E-state index contributed by atoms with van der Waals surface area (Å²) >= 11 is 0. The summed E-state index contributed by atoms with van der Waals surface area (Å²) in [5.74, 6) is 0.277. The van der Waals surface area contributed by atoms with Gasteiger partial charge in [0.05, 0.1) is 12.6 Å². The van der Waals surface area contributed by atoms with Crippen molar-refractivity contribution in [2.24, 2.45) is 0 Å². The first-order valence-corrected chi connectivity index (χ1v) is 6.69. The Morgan fingerprint density at radius 1 is 1.33 bits per heavy atom. The van der Waals surface area contributed by atoms with Crippen molar-refractivity contribution in [3.05, 3.63) is 35.9 Å². The van der Waals surface area contributed by atoms with Crippen molar-refractivity contribution in [2.45, 2.75) is 44.5 Å². The van der Waals surface area contributed by atoms with Crippen LogP contribution >= 0.6 is 0 Å². The quantitative estimate of drug-likeness (QED) is 0.819. The van der Waals surface area contributed by atoms with Crippen molar-refractivity contribution < 1.29 is 9.53 Å². The molecule has 0 aliphatic carbocycles. The van der Waals surface area contributed by atoms with E-state index in [-0.39, 0.29) is 12.0 Å². The maximum Gasteiger partial charge on any atom is 0.131 e. The Hall–Kier alpha value is -1.19. The lowest BCUT2D eigenvalue weighted by Gasteiger charge is -2.28. The van der Waals surface area contributed by atoms with E-state index in [9.17, 15) is 4.79 Å². The molecule has 0 amide bonds. The van der Waals surface area contributed by atoms with E-state index in [0.29, 0.717) is 18.5 Å². The number of fused-ring (bicyclic) bond motifs is 1. The van der Waals surface area contributed by atoms with Crippen molar-refractivity contribution in [1.82, 2.24) is 4.90 Å². The maximum atomic E-state index is 11.4. The molecule has 2 aliphatic rings. The van der Waals surface area contributed by atoms with Gasteiger partial charge < -0.3 is 4.74 Å². The summed E-state index contributed by atoms with van der Waals surface area (Å²) in [5.41, 5.74) is 1.30. The number of nitrogens with zero attached hydrogens (tertiary/aromatic N) is 1. The number of benzene rings is 1. The Labute approximate surface area is 108 Å². The van der Waals surface area contributed by atoms with E-state index in [1.165, 1.54) is 5.56 Å². The second kappa shape index (κ2) is 4.82. The molecule has 0 radical (unpaired) electrons. The molecule has 0 bridgehead atoms. The van der Waals surface area contributed by atoms with Gasteiger partial charge in [0.15, 0.2) is 0 Å². The van der Waals surface area contributed by atoms with E-state index in [4.69, 9.17) is 4.74 Å². The van der Waals surface area contributed by atoms with Gasteiger partial charge in [0.1, 0.15) is 12.0 Å². The number of ketones is 1. The minimum Gasteiger partial charge on any atom is -0.361 e. The number of carbonyl (C=O) groups excluding carboxylic acids is 1. The molecular weight excluding hydrogens is 226 g/mol. The molecular formula is C15H19NO2. The first-order chi connectivity index (χ1) is 8.75. The van der Waals surface area contributed by atoms with Crippen molar-refractivity contribution in [3.8, 4) is 0 Å². The van der Waals surface area contributed by atoms with Crippen LogP contribution in [0.25, 0.3) is 0 Å². The molecule has 0 saturated carbocycles. The van der Waals surface area contributed by atoms with Crippen LogP contribution in [0, 0.1) is 0 Å². The number of carbonyl (C=O) groups is 1. The first kappa shape index (κ1) is 11.9. The normalized spacial score (nSPS) is 31.5. The van der Waals surface area contributed by atoms with Crippen molar-refractivity contribution in [2.75, 3.05) is 6.61 Å². The van der Waals surface area contributed by atoms with E-state index in [1.807, 2.05) is 6.07 Å². The molecule has 3 atom stereocenters. The minimum atomic E-state index is 0.222. The number of hydrogen-bond donors (Lipinski definition) is 0. The van der Waals surface area contributed by atoms with E-state index in [1.54, 1.807) is 6.92 Å². The fraction of sp³-hybridized carbons (Fsp3) is 0.533. The monoisotopic (exact) mass is 245 g/mol. The molecule has 3 rings (SSSR count). The van der Waals surface area contributed by atoms with Gasteiger partial charge in [-0.25, -0.2) is 0 Å². The van der Waals surface area contributed by atoms with Gasteiger partial charge in [-0.15, -0.1) is 0 Å². The summed E-state index contributed by atoms with van der Waals surface area (Å²) in [6, 6.07) is 11.2. The number of ether oxygens (including phenoxy) is 1. The van der Waals surface area contributed by atoms with E-state index < -0.39 is 0 Å². The summed E-state index contributed by atoms with van der Waals surface area (Å²) in [6.07, 6.45) is 3.01. The lowest BCUT2D eigenvalue weighted by atomic mass is 10.0. The summed E-state index contributed by atoms with van der Waals surface area (Å²) in [5, 5.41) is 0. The van der Waals surface area contributed by atoms with Gasteiger partial charge in [-0.3, -0.25) is 9.69 Å². The van der Waals surface area contributed by atoms with Crippen LogP contribution in [0.5, 0.6) is 0 Å². The lowest BCUT2D eigenvalue weighted by Crippen LogP contribution is -2.35. The summed E-state index contributed by atoms with van der Waals surface area (Å²) in [6.45, 7) is 2.44. The molecule has 96 valence electrons. The average molecular weight is 245 g/mol. The van der Waals surface area contributed by atoms with Crippen molar-refractivity contribution >= 4 is 5.78 Å². The fourth-order valence-corrected chi connectivity index (χ4v) is 3.26. The summed E-state index contributed by atoms with van der Waals surface area (Å²) < 4.78 is 5.87. The summed E-state index contributed by atoms with van der Waals surface area (Å²) in [4.78, 5) is 13.8. The van der Waals surface area contributed by atoms with Gasteiger partial charge in [0.25, 0.3) is 0 Å². The molecule has 2 aliphatic heterocycles. The molecule has 2 fully saturated rings. The predicted octanol–water partition coefficient (Wildman–Crippen LogP) is 2.53. The minimum absolute atomic E-state index is 0.222. The second-order valence-electron chi connectivity index (χ2n) is 5.30. The zero-order chi connectivity index (χ0) is 12.5. The third-order valence-electron chi connectivity index (χ3n) is 4.01. The first-order valence-electron chi connectivity index (χ1n) is 6.69. The standard InChI is InChI=1S/C15H19NO2/c1-11(17)9-13-7-8-15-16(13)14(10-18-15)12-5-3-2-4-6-12/h2-6,13-15H,7-10H2,1H3/t13-,14+,15+/m0/s1. The molecule has 1 aromatic carbocycles. The number of rotatable bonds is 3. The summed E-state index contributed by atoms with van der Waals surface area (Å²) in [7, 11) is 0. The topological polar surface area (TPSA) is 29.5 Å². The highest BCUT2D eigenvalue weighted by Crippen LogP contribution is 2.40. The van der Waals surface area contributed by atoms with Crippen LogP contribution in [0.15, 0.2) is 30.3 Å². The Morgan fingerprint density at radius 2 is 2.11 bits per heavy atom. The van der Waals surface area contributed by atoms with Gasteiger partial charge >= 0.3 is 0 Å². The highest BCUT2D eigenvalue weighted by atomic mass is 16.5. The van der Waals surface area contributed by atoms with Crippen LogP contribution < -0.4 is 0 Å². The Morgan fingerprint density at radius 3 is 2.83 bits per heavy atom. The lowest BCUT2D eigenvalue weighted by molar-refractivity contribution is -0.118. The molecule has 3 heteroatoms. The van der Waals surface area contributed by atoms with Crippen LogP contribution in [0.1, 0.15) is 37.8 Å². The SMILES string of the molecule is CC(=O)C[C@@H]1CC[C@H]2OC[C@H](c3ccccc3)N12.